The summed E-state index contributed by atoms with van der Waals surface area (Å²) in [6.45, 7) is 1.25. The largest absolute Gasteiger partial charge is 0.312 e. The summed E-state index contributed by atoms with van der Waals surface area (Å²) in [6.07, 6.45) is 6.91. The normalized spacial score (nSPS) is 20.0. The van der Waals surface area contributed by atoms with Gasteiger partial charge in [-0.3, -0.25) is 4.79 Å². The number of nitrogens with zero attached hydrogens (tertiary/aromatic N) is 2. The van der Waals surface area contributed by atoms with Gasteiger partial charge in [0.1, 0.15) is 5.82 Å². The van der Waals surface area contributed by atoms with E-state index in [9.17, 15) is 17.6 Å². The first-order valence-corrected chi connectivity index (χ1v) is 13.1. The van der Waals surface area contributed by atoms with E-state index in [2.05, 4.69) is 0 Å². The molecule has 0 spiro atoms. The van der Waals surface area contributed by atoms with Crippen molar-refractivity contribution in [3.63, 3.8) is 0 Å². The van der Waals surface area contributed by atoms with E-state index in [0.29, 0.717) is 43.1 Å². The number of amides is 1. The molecule has 7 heteroatoms. The summed E-state index contributed by atoms with van der Waals surface area (Å²) in [7, 11) is -3.56. The lowest BCUT2D eigenvalue weighted by atomic mass is 9.92. The van der Waals surface area contributed by atoms with Crippen molar-refractivity contribution in [1.29, 1.82) is 0 Å². The molecule has 1 fully saturated rings. The maximum atomic E-state index is 13.8. The van der Waals surface area contributed by atoms with Crippen LogP contribution in [0.25, 0.3) is 0 Å². The van der Waals surface area contributed by atoms with Gasteiger partial charge >= 0.3 is 0 Å². The highest BCUT2D eigenvalue weighted by Gasteiger charge is 2.35. The highest BCUT2D eigenvalue weighted by molar-refractivity contribution is 7.89. The molecule has 170 valence electrons. The molecule has 2 aromatic carbocycles. The Morgan fingerprint density at radius 3 is 2.31 bits per heavy atom. The zero-order valence-corrected chi connectivity index (χ0v) is 19.0. The summed E-state index contributed by atoms with van der Waals surface area (Å²) in [6, 6.07) is 10.2. The first-order valence-electron chi connectivity index (χ1n) is 11.7. The summed E-state index contributed by atoms with van der Waals surface area (Å²) < 4.78 is 41.8. The molecule has 2 aromatic rings. The van der Waals surface area contributed by atoms with E-state index in [0.717, 1.165) is 49.7 Å². The molecular formula is C25H29FN2O3S. The molecule has 5 nitrogen and oxygen atoms in total. The van der Waals surface area contributed by atoms with Crippen LogP contribution >= 0.6 is 0 Å². The van der Waals surface area contributed by atoms with Gasteiger partial charge in [-0.15, -0.1) is 0 Å². The molecule has 0 aromatic heterocycles. The lowest BCUT2D eigenvalue weighted by Gasteiger charge is -2.36. The molecule has 32 heavy (non-hydrogen) atoms. The van der Waals surface area contributed by atoms with E-state index in [1.165, 1.54) is 22.0 Å². The van der Waals surface area contributed by atoms with Gasteiger partial charge in [-0.2, -0.15) is 4.31 Å². The van der Waals surface area contributed by atoms with Crippen LogP contribution in [-0.2, 0) is 34.1 Å². The van der Waals surface area contributed by atoms with Crippen LogP contribution in [0, 0.1) is 11.7 Å². The molecule has 0 atom stereocenters. The summed E-state index contributed by atoms with van der Waals surface area (Å²) in [5, 5.41) is 0. The molecule has 1 saturated heterocycles. The minimum atomic E-state index is -3.56. The number of carbonyl (C=O) groups is 1. The lowest BCUT2D eigenvalue weighted by molar-refractivity contribution is -0.123. The van der Waals surface area contributed by atoms with Crippen LogP contribution in [0.3, 0.4) is 0 Å². The number of rotatable bonds is 3. The predicted octanol–water partition coefficient (Wildman–Crippen LogP) is 4.08. The van der Waals surface area contributed by atoms with Gasteiger partial charge in [-0.1, -0.05) is 12.1 Å². The van der Waals surface area contributed by atoms with Gasteiger partial charge in [0.2, 0.25) is 15.9 Å². The summed E-state index contributed by atoms with van der Waals surface area (Å²) in [4.78, 5) is 15.3. The maximum Gasteiger partial charge on any atom is 0.243 e. The van der Waals surface area contributed by atoms with Crippen molar-refractivity contribution in [1.82, 2.24) is 4.31 Å². The Balaban J connectivity index is 1.28. The van der Waals surface area contributed by atoms with E-state index >= 15 is 0 Å². The molecule has 3 aliphatic rings. The van der Waals surface area contributed by atoms with Gasteiger partial charge in [-0.05, 0) is 92.3 Å². The van der Waals surface area contributed by atoms with Crippen LogP contribution in [-0.4, -0.2) is 38.3 Å². The smallest absolute Gasteiger partial charge is 0.243 e. The molecule has 2 heterocycles. The van der Waals surface area contributed by atoms with Crippen LogP contribution in [0.5, 0.6) is 0 Å². The number of sulfonamides is 1. The standard InChI is InChI=1S/C25H29FN2O3S/c26-22-9-7-19-6-3-13-28(24(19)17-22)25(29)20-11-14-27(15-12-20)32(30,31)23-10-8-18-4-1-2-5-21(18)16-23/h7-10,16-17,20H,1-6,11-15H2. The zero-order chi connectivity index (χ0) is 22.3. The molecular weight excluding hydrogens is 427 g/mol. The number of halogens is 1. The fraction of sp³-hybridized carbons (Fsp3) is 0.480. The molecule has 2 aliphatic heterocycles. The second kappa shape index (κ2) is 8.60. The second-order valence-electron chi connectivity index (χ2n) is 9.18. The summed E-state index contributed by atoms with van der Waals surface area (Å²) >= 11 is 0. The fourth-order valence-corrected chi connectivity index (χ4v) is 6.88. The average Bonchev–Trinajstić information content (AvgIpc) is 2.83. The number of benzene rings is 2. The third-order valence-electron chi connectivity index (χ3n) is 7.19. The van der Waals surface area contributed by atoms with E-state index in [1.54, 1.807) is 17.0 Å². The van der Waals surface area contributed by atoms with E-state index in [4.69, 9.17) is 0 Å². The molecule has 5 rings (SSSR count). The van der Waals surface area contributed by atoms with Gasteiger partial charge in [-0.25, -0.2) is 12.8 Å². The third kappa shape index (κ3) is 3.97. The second-order valence-corrected chi connectivity index (χ2v) is 11.1. The van der Waals surface area contributed by atoms with E-state index < -0.39 is 10.0 Å². The Morgan fingerprint density at radius 1 is 0.844 bits per heavy atom. The number of hydrogen-bond donors (Lipinski definition) is 0. The molecule has 0 radical (unpaired) electrons. The lowest BCUT2D eigenvalue weighted by Crippen LogP contribution is -2.45. The number of piperidine rings is 1. The van der Waals surface area contributed by atoms with Crippen molar-refractivity contribution in [2.24, 2.45) is 5.92 Å². The maximum absolute atomic E-state index is 13.8. The average molecular weight is 457 g/mol. The van der Waals surface area contributed by atoms with Crippen LogP contribution in [0.1, 0.15) is 48.8 Å². The first-order chi connectivity index (χ1) is 15.4. The molecule has 1 amide bonds. The minimum Gasteiger partial charge on any atom is -0.312 e. The summed E-state index contributed by atoms with van der Waals surface area (Å²) in [5.41, 5.74) is 4.08. The van der Waals surface area contributed by atoms with Gasteiger partial charge in [0.05, 0.1) is 4.90 Å². The van der Waals surface area contributed by atoms with Gasteiger partial charge in [0.25, 0.3) is 0 Å². The SMILES string of the molecule is O=C(C1CCN(S(=O)(=O)c2ccc3c(c2)CCCC3)CC1)N1CCCc2ccc(F)cc21. The Labute approximate surface area is 189 Å². The Bertz CT molecular complexity index is 1140. The van der Waals surface area contributed by atoms with Crippen molar-refractivity contribution in [3.8, 4) is 0 Å². The molecule has 1 aliphatic carbocycles. The van der Waals surface area contributed by atoms with Crippen LogP contribution in [0.15, 0.2) is 41.3 Å². The van der Waals surface area contributed by atoms with E-state index in [-0.39, 0.29) is 17.6 Å². The van der Waals surface area contributed by atoms with Crippen LogP contribution < -0.4 is 4.90 Å². The van der Waals surface area contributed by atoms with Crippen molar-refractivity contribution >= 4 is 21.6 Å². The van der Waals surface area contributed by atoms with Gasteiger partial charge < -0.3 is 4.90 Å². The fourth-order valence-electron chi connectivity index (χ4n) is 5.36. The molecule has 0 bridgehead atoms. The van der Waals surface area contributed by atoms with Crippen LogP contribution in [0.4, 0.5) is 10.1 Å². The molecule has 0 N–H and O–H groups in total. The summed E-state index contributed by atoms with van der Waals surface area (Å²) in [5.74, 6) is -0.587. The van der Waals surface area contributed by atoms with E-state index in [1.807, 2.05) is 12.1 Å². The Morgan fingerprint density at radius 2 is 1.53 bits per heavy atom. The number of anilines is 1. The Kier molecular flexibility index (Phi) is 5.80. The van der Waals surface area contributed by atoms with Crippen molar-refractivity contribution in [2.75, 3.05) is 24.5 Å². The minimum absolute atomic E-state index is 0.0117. The monoisotopic (exact) mass is 456 g/mol. The predicted molar refractivity (Wildman–Crippen MR) is 122 cm³/mol. The van der Waals surface area contributed by atoms with Gasteiger partial charge in [0.15, 0.2) is 0 Å². The highest BCUT2D eigenvalue weighted by Crippen LogP contribution is 2.33. The number of fused-ring (bicyclic) bond motifs is 2. The van der Waals surface area contributed by atoms with Crippen LogP contribution in [0.2, 0.25) is 0 Å². The zero-order valence-electron chi connectivity index (χ0n) is 18.2. The molecule has 0 unspecified atom stereocenters. The molecule has 0 saturated carbocycles. The Hall–Kier alpha value is -2.25. The quantitative estimate of drug-likeness (QED) is 0.699. The first kappa shape index (κ1) is 21.6. The highest BCUT2D eigenvalue weighted by atomic mass is 32.2. The van der Waals surface area contributed by atoms with Crippen molar-refractivity contribution < 1.29 is 17.6 Å². The van der Waals surface area contributed by atoms with Crippen molar-refractivity contribution in [2.45, 2.75) is 56.3 Å². The topological polar surface area (TPSA) is 57.7 Å². The third-order valence-corrected chi connectivity index (χ3v) is 9.09. The van der Waals surface area contributed by atoms with Gasteiger partial charge in [0, 0.05) is 31.2 Å². The van der Waals surface area contributed by atoms with Crippen molar-refractivity contribution in [3.05, 3.63) is 58.9 Å². The number of hydrogen-bond acceptors (Lipinski definition) is 3. The number of aryl methyl sites for hydroxylation is 3. The number of carbonyl (C=O) groups excluding carboxylic acids is 1.